The number of rotatable bonds is 2. The van der Waals surface area contributed by atoms with E-state index >= 15 is 0 Å². The molecule has 0 aromatic carbocycles. The molecule has 162 valence electrons. The number of ether oxygens (including phenoxy) is 2. The van der Waals surface area contributed by atoms with Crippen LogP contribution in [0.1, 0.15) is 72.1 Å². The Hall–Kier alpha value is -0.710. The Morgan fingerprint density at radius 1 is 1.03 bits per heavy atom. The number of carbonyl (C=O) groups excluding carboxylic acids is 1. The predicted octanol–water partition coefficient (Wildman–Crippen LogP) is 4.50. The van der Waals surface area contributed by atoms with E-state index in [0.717, 1.165) is 38.5 Å². The average Bonchev–Trinajstić information content (AvgIpc) is 3.30. The molecule has 5 rings (SSSR count). The van der Waals surface area contributed by atoms with Gasteiger partial charge < -0.3 is 14.6 Å². The highest BCUT2D eigenvalue weighted by Crippen LogP contribution is 2.69. The molecule has 5 aliphatic rings. The van der Waals surface area contributed by atoms with E-state index in [1.54, 1.807) is 0 Å². The Balaban J connectivity index is 1.45. The van der Waals surface area contributed by atoms with Crippen LogP contribution >= 0.6 is 0 Å². The first-order valence-electron chi connectivity index (χ1n) is 11.9. The average molecular weight is 403 g/mol. The Bertz CT molecular complexity index is 697. The van der Waals surface area contributed by atoms with Crippen LogP contribution in [0.4, 0.5) is 0 Å². The zero-order chi connectivity index (χ0) is 20.4. The molecule has 1 saturated heterocycles. The summed E-state index contributed by atoms with van der Waals surface area (Å²) in [4.78, 5) is 12.9. The van der Waals surface area contributed by atoms with Gasteiger partial charge in [0, 0.05) is 11.8 Å². The second-order valence-electron chi connectivity index (χ2n) is 11.1. The third-order valence-electron chi connectivity index (χ3n) is 10.2. The molecule has 0 aromatic rings. The molecule has 0 radical (unpaired) electrons. The Morgan fingerprint density at radius 2 is 1.79 bits per heavy atom. The van der Waals surface area contributed by atoms with Crippen molar-refractivity contribution in [3.8, 4) is 0 Å². The van der Waals surface area contributed by atoms with Crippen molar-refractivity contribution in [2.24, 2.45) is 40.4 Å². The van der Waals surface area contributed by atoms with Gasteiger partial charge in [0.25, 0.3) is 0 Å². The van der Waals surface area contributed by atoms with Gasteiger partial charge in [0.15, 0.2) is 6.29 Å². The van der Waals surface area contributed by atoms with Crippen molar-refractivity contribution >= 4 is 5.78 Å². The van der Waals surface area contributed by atoms with Gasteiger partial charge in [0.2, 0.25) is 0 Å². The Morgan fingerprint density at radius 3 is 2.52 bits per heavy atom. The summed E-state index contributed by atoms with van der Waals surface area (Å²) in [5.41, 5.74) is -0.469. The molecule has 0 aromatic heterocycles. The van der Waals surface area contributed by atoms with Crippen molar-refractivity contribution in [1.82, 2.24) is 0 Å². The molecule has 0 amide bonds. The zero-order valence-electron chi connectivity index (χ0n) is 18.4. The molecule has 4 heteroatoms. The van der Waals surface area contributed by atoms with Crippen LogP contribution in [-0.2, 0) is 14.3 Å². The van der Waals surface area contributed by atoms with Crippen LogP contribution in [0.3, 0.4) is 0 Å². The maximum Gasteiger partial charge on any atom is 0.167 e. The van der Waals surface area contributed by atoms with Gasteiger partial charge in [0.05, 0.1) is 24.7 Å². The molecule has 1 N–H and O–H groups in total. The molecule has 0 spiro atoms. The molecule has 4 aliphatic carbocycles. The normalized spacial score (nSPS) is 53.1. The van der Waals surface area contributed by atoms with Crippen LogP contribution < -0.4 is 0 Å². The maximum absolute atomic E-state index is 12.9. The van der Waals surface area contributed by atoms with E-state index in [1.807, 2.05) is 0 Å². The van der Waals surface area contributed by atoms with Crippen molar-refractivity contribution in [2.75, 3.05) is 13.2 Å². The van der Waals surface area contributed by atoms with E-state index in [9.17, 15) is 9.90 Å². The molecule has 29 heavy (non-hydrogen) atoms. The first-order chi connectivity index (χ1) is 13.8. The van der Waals surface area contributed by atoms with E-state index in [2.05, 4.69) is 32.9 Å². The summed E-state index contributed by atoms with van der Waals surface area (Å²) in [5.74, 6) is 2.02. The molecule has 8 atom stereocenters. The minimum Gasteiger partial charge on any atom is -0.389 e. The SMILES string of the molecule is CC=C[C@H]1CC[C@@]2(O)[C@@H]3CCC4CC(=O)C(C5OCCO5)C[C@]4(C)[C@H]3CC[C@]12C. The fraction of sp³-hybridized carbons (Fsp3) is 0.880. The molecule has 5 fully saturated rings. The lowest BCUT2D eigenvalue weighted by molar-refractivity contribution is -0.212. The van der Waals surface area contributed by atoms with E-state index in [0.29, 0.717) is 49.1 Å². The van der Waals surface area contributed by atoms with Gasteiger partial charge in [-0.25, -0.2) is 0 Å². The van der Waals surface area contributed by atoms with E-state index < -0.39 is 5.60 Å². The molecular formula is C25H38O4. The van der Waals surface area contributed by atoms with Gasteiger partial charge in [-0.3, -0.25) is 4.79 Å². The third kappa shape index (κ3) is 2.71. The van der Waals surface area contributed by atoms with Crippen LogP contribution in [0.2, 0.25) is 0 Å². The number of aliphatic hydroxyl groups is 1. The quantitative estimate of drug-likeness (QED) is 0.691. The van der Waals surface area contributed by atoms with Gasteiger partial charge in [-0.1, -0.05) is 26.0 Å². The Kier molecular flexibility index (Phi) is 4.81. The van der Waals surface area contributed by atoms with Crippen LogP contribution in [0.5, 0.6) is 0 Å². The molecule has 2 unspecified atom stereocenters. The highest BCUT2D eigenvalue weighted by Gasteiger charge is 2.67. The topological polar surface area (TPSA) is 55.8 Å². The number of hydrogen-bond acceptors (Lipinski definition) is 4. The van der Waals surface area contributed by atoms with E-state index in [1.165, 1.54) is 6.42 Å². The number of ketones is 1. The second-order valence-corrected chi connectivity index (χ2v) is 11.1. The highest BCUT2D eigenvalue weighted by molar-refractivity contribution is 5.82. The lowest BCUT2D eigenvalue weighted by Gasteiger charge is -2.63. The predicted molar refractivity (Wildman–Crippen MR) is 111 cm³/mol. The Labute approximate surface area is 175 Å². The summed E-state index contributed by atoms with van der Waals surface area (Å²) >= 11 is 0. The number of carbonyl (C=O) groups is 1. The van der Waals surface area contributed by atoms with Crippen molar-refractivity contribution in [3.05, 3.63) is 12.2 Å². The summed E-state index contributed by atoms with van der Waals surface area (Å²) < 4.78 is 11.5. The van der Waals surface area contributed by atoms with Crippen LogP contribution in [0.25, 0.3) is 0 Å². The number of fused-ring (bicyclic) bond motifs is 5. The molecule has 0 bridgehead atoms. The van der Waals surface area contributed by atoms with Gasteiger partial charge in [-0.15, -0.1) is 0 Å². The standard InChI is InChI=1S/C25H38O4/c1-4-5-16-8-11-25(27)20-7-6-17-14-21(26)18(22-28-12-13-29-22)15-23(17,2)19(20)9-10-24(16,25)3/h4-5,16-20,22,27H,6-15H2,1-3H3/t16-,17?,18?,19-,20+,23-,24+,25+/m0/s1. The monoisotopic (exact) mass is 402 g/mol. The summed E-state index contributed by atoms with van der Waals surface area (Å²) in [6.45, 7) is 8.08. The van der Waals surface area contributed by atoms with Crippen LogP contribution in [-0.4, -0.2) is 36.0 Å². The first kappa shape index (κ1) is 20.2. The van der Waals surface area contributed by atoms with Gasteiger partial charge in [-0.2, -0.15) is 0 Å². The third-order valence-corrected chi connectivity index (χ3v) is 10.2. The van der Waals surface area contributed by atoms with Gasteiger partial charge in [0.1, 0.15) is 5.78 Å². The van der Waals surface area contributed by atoms with Crippen LogP contribution in [0, 0.1) is 40.4 Å². The van der Waals surface area contributed by atoms with E-state index in [-0.39, 0.29) is 23.0 Å². The number of Topliss-reactive ketones (excluding diaryl/α,β-unsaturated/α-hetero) is 1. The lowest BCUT2D eigenvalue weighted by atomic mass is 9.42. The largest absolute Gasteiger partial charge is 0.389 e. The highest BCUT2D eigenvalue weighted by atomic mass is 16.7. The molecule has 1 heterocycles. The zero-order valence-corrected chi connectivity index (χ0v) is 18.4. The van der Waals surface area contributed by atoms with Crippen LogP contribution in [0.15, 0.2) is 12.2 Å². The summed E-state index contributed by atoms with van der Waals surface area (Å²) in [5, 5.41) is 12.1. The second kappa shape index (κ2) is 6.90. The number of hydrogen-bond donors (Lipinski definition) is 1. The minimum absolute atomic E-state index is 0.00850. The van der Waals surface area contributed by atoms with Gasteiger partial charge in [-0.05, 0) is 81.0 Å². The van der Waals surface area contributed by atoms with Gasteiger partial charge >= 0.3 is 0 Å². The molecule has 1 aliphatic heterocycles. The fourth-order valence-electron chi connectivity index (χ4n) is 8.58. The maximum atomic E-state index is 12.9. The smallest absolute Gasteiger partial charge is 0.167 e. The number of allylic oxidation sites excluding steroid dienone is 2. The lowest BCUT2D eigenvalue weighted by Crippen LogP contribution is -2.63. The molecule has 4 saturated carbocycles. The first-order valence-corrected chi connectivity index (χ1v) is 11.9. The van der Waals surface area contributed by atoms with Crippen molar-refractivity contribution in [3.63, 3.8) is 0 Å². The minimum atomic E-state index is -0.564. The molecule has 4 nitrogen and oxygen atoms in total. The van der Waals surface area contributed by atoms with Crippen molar-refractivity contribution < 1.29 is 19.4 Å². The van der Waals surface area contributed by atoms with E-state index in [4.69, 9.17) is 9.47 Å². The van der Waals surface area contributed by atoms with Crippen molar-refractivity contribution in [2.45, 2.75) is 84.0 Å². The summed E-state index contributed by atoms with van der Waals surface area (Å²) in [7, 11) is 0. The fourth-order valence-corrected chi connectivity index (χ4v) is 8.58. The van der Waals surface area contributed by atoms with Crippen molar-refractivity contribution in [1.29, 1.82) is 0 Å². The molecular weight excluding hydrogens is 364 g/mol. The summed E-state index contributed by atoms with van der Waals surface area (Å²) in [6, 6.07) is 0. The summed E-state index contributed by atoms with van der Waals surface area (Å²) in [6.07, 6.45) is 12.2.